The topological polar surface area (TPSA) is 84.0 Å². The van der Waals surface area contributed by atoms with Crippen molar-refractivity contribution in [2.75, 3.05) is 19.7 Å². The van der Waals surface area contributed by atoms with Gasteiger partial charge in [0.05, 0.1) is 18.8 Å². The Labute approximate surface area is 140 Å². The van der Waals surface area contributed by atoms with Crippen molar-refractivity contribution in [3.05, 3.63) is 40.2 Å². The quantitative estimate of drug-likeness (QED) is 0.904. The van der Waals surface area contributed by atoms with Gasteiger partial charge in [-0.05, 0) is 39.2 Å². The van der Waals surface area contributed by atoms with E-state index in [-0.39, 0.29) is 12.0 Å². The van der Waals surface area contributed by atoms with Crippen LogP contribution in [0.15, 0.2) is 6.07 Å². The number of morpholine rings is 1. The van der Waals surface area contributed by atoms with Gasteiger partial charge in [-0.1, -0.05) is 0 Å². The van der Waals surface area contributed by atoms with Crippen LogP contribution in [0.2, 0.25) is 0 Å². The van der Waals surface area contributed by atoms with Gasteiger partial charge in [0, 0.05) is 23.5 Å². The molecule has 0 saturated carbocycles. The van der Waals surface area contributed by atoms with Gasteiger partial charge in [-0.2, -0.15) is 5.10 Å². The normalized spacial score (nSPS) is 20.2. The number of nitrogens with zero attached hydrogens (tertiary/aromatic N) is 4. The van der Waals surface area contributed by atoms with Crippen molar-refractivity contribution in [2.45, 2.75) is 39.2 Å². The van der Waals surface area contributed by atoms with E-state index < -0.39 is 0 Å². The second-order valence-electron chi connectivity index (χ2n) is 6.47. The molecule has 2 aliphatic rings. The van der Waals surface area contributed by atoms with E-state index in [4.69, 9.17) is 4.74 Å². The van der Waals surface area contributed by atoms with E-state index >= 15 is 0 Å². The molecule has 2 aromatic heterocycles. The van der Waals surface area contributed by atoms with E-state index in [1.807, 2.05) is 24.8 Å². The number of aromatic amines is 1. The number of rotatable bonds is 2. The summed E-state index contributed by atoms with van der Waals surface area (Å²) >= 11 is 0. The largest absolute Gasteiger partial charge is 0.368 e. The van der Waals surface area contributed by atoms with E-state index in [0.717, 1.165) is 47.7 Å². The first-order valence-electron chi connectivity index (χ1n) is 8.41. The zero-order chi connectivity index (χ0) is 16.7. The van der Waals surface area contributed by atoms with Crippen molar-refractivity contribution in [3.8, 4) is 0 Å². The highest BCUT2D eigenvalue weighted by Gasteiger charge is 2.31. The second kappa shape index (κ2) is 5.98. The molecule has 1 amide bonds. The van der Waals surface area contributed by atoms with E-state index in [2.05, 4.69) is 20.2 Å². The molecule has 0 spiro atoms. The predicted molar refractivity (Wildman–Crippen MR) is 86.7 cm³/mol. The molecule has 1 aliphatic heterocycles. The third kappa shape index (κ3) is 2.69. The molecule has 1 atom stereocenters. The van der Waals surface area contributed by atoms with Gasteiger partial charge in [-0.3, -0.25) is 9.89 Å². The number of fused-ring (bicyclic) bond motifs is 1. The zero-order valence-corrected chi connectivity index (χ0v) is 14.0. The molecule has 0 radical (unpaired) electrons. The summed E-state index contributed by atoms with van der Waals surface area (Å²) in [7, 11) is 0. The van der Waals surface area contributed by atoms with Crippen LogP contribution < -0.4 is 0 Å². The highest BCUT2D eigenvalue weighted by atomic mass is 16.5. The van der Waals surface area contributed by atoms with Crippen molar-refractivity contribution in [2.24, 2.45) is 0 Å². The fraction of sp³-hybridized carbons (Fsp3) is 0.529. The van der Waals surface area contributed by atoms with Crippen LogP contribution >= 0.6 is 0 Å². The molecule has 0 unspecified atom stereocenters. The maximum absolute atomic E-state index is 12.9. The molecular weight excluding hydrogens is 306 g/mol. The Kier molecular flexibility index (Phi) is 3.80. The van der Waals surface area contributed by atoms with Gasteiger partial charge in [-0.25, -0.2) is 9.97 Å². The lowest BCUT2D eigenvalue weighted by Crippen LogP contribution is -2.43. The highest BCUT2D eigenvalue weighted by molar-refractivity contribution is 5.94. The Morgan fingerprint density at radius 1 is 1.33 bits per heavy atom. The number of amides is 1. The van der Waals surface area contributed by atoms with Gasteiger partial charge < -0.3 is 9.64 Å². The van der Waals surface area contributed by atoms with Crippen LogP contribution in [0.5, 0.6) is 0 Å². The van der Waals surface area contributed by atoms with E-state index in [1.165, 1.54) is 0 Å². The maximum Gasteiger partial charge on any atom is 0.274 e. The van der Waals surface area contributed by atoms with Gasteiger partial charge in [0.25, 0.3) is 5.91 Å². The minimum atomic E-state index is -0.213. The average Bonchev–Trinajstić information content (AvgIpc) is 3.16. The number of H-pyrrole nitrogens is 1. The predicted octanol–water partition coefficient (Wildman–Crippen LogP) is 1.52. The van der Waals surface area contributed by atoms with Crippen LogP contribution in [0, 0.1) is 13.8 Å². The summed E-state index contributed by atoms with van der Waals surface area (Å²) in [6, 6.07) is 1.93. The Morgan fingerprint density at radius 2 is 2.21 bits per heavy atom. The van der Waals surface area contributed by atoms with Gasteiger partial charge in [0.15, 0.2) is 5.69 Å². The molecule has 7 nitrogen and oxygen atoms in total. The molecule has 1 aliphatic carbocycles. The molecule has 0 bridgehead atoms. The number of ether oxygens (including phenoxy) is 1. The molecule has 126 valence electrons. The molecule has 24 heavy (non-hydrogen) atoms. The second-order valence-corrected chi connectivity index (χ2v) is 6.47. The first kappa shape index (κ1) is 15.3. The van der Waals surface area contributed by atoms with Crippen LogP contribution in [-0.4, -0.2) is 50.7 Å². The summed E-state index contributed by atoms with van der Waals surface area (Å²) in [5.41, 5.74) is 4.54. The van der Waals surface area contributed by atoms with E-state index in [9.17, 15) is 4.79 Å². The molecule has 7 heteroatoms. The lowest BCUT2D eigenvalue weighted by atomic mass is 10.1. The van der Waals surface area contributed by atoms with Gasteiger partial charge in [0.1, 0.15) is 11.9 Å². The third-order valence-corrected chi connectivity index (χ3v) is 4.68. The lowest BCUT2D eigenvalue weighted by molar-refractivity contribution is -0.0251. The fourth-order valence-electron chi connectivity index (χ4n) is 3.57. The number of aromatic nitrogens is 4. The van der Waals surface area contributed by atoms with Crippen molar-refractivity contribution in [3.63, 3.8) is 0 Å². The Balaban J connectivity index is 1.55. The summed E-state index contributed by atoms with van der Waals surface area (Å²) in [5, 5.41) is 7.27. The van der Waals surface area contributed by atoms with Crippen LogP contribution in [0.4, 0.5) is 0 Å². The first-order chi connectivity index (χ1) is 11.6. The molecular formula is C17H21N5O2. The molecule has 1 saturated heterocycles. The number of nitrogens with one attached hydrogen (secondary N) is 1. The fourth-order valence-corrected chi connectivity index (χ4v) is 3.57. The molecule has 4 rings (SSSR count). The van der Waals surface area contributed by atoms with Crippen molar-refractivity contribution in [1.82, 2.24) is 25.1 Å². The minimum absolute atomic E-state index is 0.00907. The maximum atomic E-state index is 12.9. The lowest BCUT2D eigenvalue weighted by Gasteiger charge is -2.32. The van der Waals surface area contributed by atoms with Crippen LogP contribution in [0.25, 0.3) is 0 Å². The number of hydrogen-bond acceptors (Lipinski definition) is 5. The Morgan fingerprint density at radius 3 is 3.04 bits per heavy atom. The van der Waals surface area contributed by atoms with Gasteiger partial charge >= 0.3 is 0 Å². The summed E-state index contributed by atoms with van der Waals surface area (Å²) in [6.07, 6.45) is 2.80. The minimum Gasteiger partial charge on any atom is -0.368 e. The average molecular weight is 327 g/mol. The van der Waals surface area contributed by atoms with Gasteiger partial charge in [-0.15, -0.1) is 0 Å². The highest BCUT2D eigenvalue weighted by Crippen LogP contribution is 2.26. The van der Waals surface area contributed by atoms with Crippen LogP contribution in [0.3, 0.4) is 0 Å². The van der Waals surface area contributed by atoms with Gasteiger partial charge in [0.2, 0.25) is 0 Å². The number of hydrogen-bond donors (Lipinski definition) is 1. The summed E-state index contributed by atoms with van der Waals surface area (Å²) in [5.74, 6) is 0.715. The molecule has 1 N–H and O–H groups in total. The monoisotopic (exact) mass is 327 g/mol. The number of aryl methyl sites for hydroxylation is 3. The molecule has 0 aromatic carbocycles. The molecule has 3 heterocycles. The van der Waals surface area contributed by atoms with Crippen molar-refractivity contribution < 1.29 is 9.53 Å². The van der Waals surface area contributed by atoms with E-state index in [0.29, 0.717) is 25.4 Å². The summed E-state index contributed by atoms with van der Waals surface area (Å²) < 4.78 is 5.85. The van der Waals surface area contributed by atoms with Crippen molar-refractivity contribution in [1.29, 1.82) is 0 Å². The Hall–Kier alpha value is -2.28. The first-order valence-corrected chi connectivity index (χ1v) is 8.41. The molecule has 1 fully saturated rings. The standard InChI is InChI=1S/C17H21N5O2/c1-10-8-14(19-11(2)18-10)15-9-22(6-7-24-15)17(23)16-12-4-3-5-13(12)20-21-16/h8,15H,3-7,9H2,1-2H3,(H,20,21)/t15-/m1/s1. The summed E-state index contributed by atoms with van der Waals surface area (Å²) in [6.45, 7) is 5.40. The molecule has 2 aromatic rings. The Bertz CT molecular complexity index is 765. The zero-order valence-electron chi connectivity index (χ0n) is 14.0. The SMILES string of the molecule is Cc1cc([C@H]2CN(C(=O)c3n[nH]c4c3CCC4)CCO2)nc(C)n1. The summed E-state index contributed by atoms with van der Waals surface area (Å²) in [4.78, 5) is 23.5. The van der Waals surface area contributed by atoms with Crippen molar-refractivity contribution >= 4 is 5.91 Å². The van der Waals surface area contributed by atoms with Crippen LogP contribution in [-0.2, 0) is 17.6 Å². The smallest absolute Gasteiger partial charge is 0.274 e. The van der Waals surface area contributed by atoms with E-state index in [1.54, 1.807) is 0 Å². The third-order valence-electron chi connectivity index (χ3n) is 4.68. The van der Waals surface area contributed by atoms with Crippen LogP contribution in [0.1, 0.15) is 51.5 Å². The number of carbonyl (C=O) groups is 1. The number of carbonyl (C=O) groups excluding carboxylic acids is 1.